The minimum Gasteiger partial charge on any atom is -0.467 e. The summed E-state index contributed by atoms with van der Waals surface area (Å²) >= 11 is 0. The van der Waals surface area contributed by atoms with Crippen molar-refractivity contribution in [3.63, 3.8) is 0 Å². The maximum absolute atomic E-state index is 13.0. The van der Waals surface area contributed by atoms with Crippen molar-refractivity contribution in [3.05, 3.63) is 42.5 Å². The van der Waals surface area contributed by atoms with E-state index >= 15 is 0 Å². The van der Waals surface area contributed by atoms with Crippen LogP contribution in [-0.4, -0.2) is 56.8 Å². The van der Waals surface area contributed by atoms with Gasteiger partial charge in [0.05, 0.1) is 24.7 Å². The summed E-state index contributed by atoms with van der Waals surface area (Å²) in [4.78, 5) is 26.5. The van der Waals surface area contributed by atoms with Crippen LogP contribution >= 0.6 is 0 Å². The summed E-state index contributed by atoms with van der Waals surface area (Å²) in [6.07, 6.45) is 1.61. The average Bonchev–Trinajstić information content (AvgIpc) is 3.16. The summed E-state index contributed by atoms with van der Waals surface area (Å²) in [6, 6.07) is 5.22. The van der Waals surface area contributed by atoms with Crippen LogP contribution in [0.2, 0.25) is 0 Å². The third-order valence-corrected chi connectivity index (χ3v) is 7.33. The van der Waals surface area contributed by atoms with Crippen LogP contribution in [0.25, 0.3) is 0 Å². The fourth-order valence-electron chi connectivity index (χ4n) is 3.68. The molecule has 1 aliphatic rings. The number of likely N-dealkylation sites (tertiary alicyclic amines) is 1. The topological polar surface area (TPSA) is 99.2 Å². The Balaban J connectivity index is 2.21. The third kappa shape index (κ3) is 5.89. The number of carbonyl (C=O) groups excluding carboxylic acids is 2. The second-order valence-corrected chi connectivity index (χ2v) is 9.93. The zero-order chi connectivity index (χ0) is 24.1. The Hall–Kier alpha value is -2.39. The van der Waals surface area contributed by atoms with Gasteiger partial charge in [-0.1, -0.05) is 44.5 Å². The molecule has 4 atom stereocenters. The van der Waals surface area contributed by atoms with E-state index in [9.17, 15) is 18.0 Å². The molecule has 32 heavy (non-hydrogen) atoms. The molecule has 2 rings (SSSR count). The summed E-state index contributed by atoms with van der Waals surface area (Å²) in [5.41, 5.74) is -0.0345. The van der Waals surface area contributed by atoms with Crippen molar-refractivity contribution in [1.82, 2.24) is 4.90 Å². The molecule has 0 radical (unpaired) electrons. The molecule has 0 saturated carbocycles. The minimum atomic E-state index is -4.07. The molecule has 0 bridgehead atoms. The smallest absolute Gasteiger partial charge is 0.411 e. The molecule has 178 valence electrons. The molecule has 1 aromatic carbocycles. The number of rotatable bonds is 9. The van der Waals surface area contributed by atoms with Crippen LogP contribution in [0.4, 0.5) is 4.79 Å². The van der Waals surface area contributed by atoms with E-state index in [1.54, 1.807) is 25.1 Å². The summed E-state index contributed by atoms with van der Waals surface area (Å²) < 4.78 is 41.3. The number of esters is 1. The molecule has 1 heterocycles. The van der Waals surface area contributed by atoms with E-state index in [1.807, 2.05) is 20.8 Å². The van der Waals surface area contributed by atoms with Gasteiger partial charge in [0.1, 0.15) is 11.6 Å². The van der Waals surface area contributed by atoms with Crippen molar-refractivity contribution in [1.29, 1.82) is 0 Å². The van der Waals surface area contributed by atoms with Gasteiger partial charge in [0.15, 0.2) is 0 Å². The highest BCUT2D eigenvalue weighted by Crippen LogP contribution is 2.31. The largest absolute Gasteiger partial charge is 0.467 e. The Morgan fingerprint density at radius 3 is 2.47 bits per heavy atom. The van der Waals surface area contributed by atoms with E-state index in [-0.39, 0.29) is 23.8 Å². The Morgan fingerprint density at radius 2 is 1.94 bits per heavy atom. The van der Waals surface area contributed by atoms with E-state index in [1.165, 1.54) is 24.1 Å². The van der Waals surface area contributed by atoms with Gasteiger partial charge in [-0.25, -0.2) is 9.59 Å². The summed E-state index contributed by atoms with van der Waals surface area (Å²) in [7, 11) is -2.86. The van der Waals surface area contributed by atoms with Crippen molar-refractivity contribution in [3.8, 4) is 0 Å². The highest BCUT2D eigenvalue weighted by Gasteiger charge is 2.45. The third-order valence-electron chi connectivity index (χ3n) is 5.96. The predicted molar refractivity (Wildman–Crippen MR) is 120 cm³/mol. The Labute approximate surface area is 190 Å². The number of carbonyl (C=O) groups is 2. The SMILES string of the molecule is C=CC(C)(OC(=O)N1C[C@H](OS(=O)(=O)c2ccc(C)cc2)C[C@H]1C(=O)OC)C(C)CCC. The quantitative estimate of drug-likeness (QED) is 0.309. The van der Waals surface area contributed by atoms with E-state index < -0.39 is 39.9 Å². The molecule has 8 nitrogen and oxygen atoms in total. The van der Waals surface area contributed by atoms with Crippen molar-refractivity contribution in [2.45, 2.75) is 69.6 Å². The first kappa shape index (κ1) is 25.9. The molecule has 1 aromatic rings. The van der Waals surface area contributed by atoms with E-state index in [4.69, 9.17) is 13.7 Å². The van der Waals surface area contributed by atoms with Gasteiger partial charge >= 0.3 is 12.1 Å². The number of hydrogen-bond donors (Lipinski definition) is 0. The van der Waals surface area contributed by atoms with Gasteiger partial charge in [-0.15, -0.1) is 0 Å². The lowest BCUT2D eigenvalue weighted by Gasteiger charge is -2.34. The number of ether oxygens (including phenoxy) is 2. The van der Waals surface area contributed by atoms with Crippen LogP contribution in [-0.2, 0) is 28.6 Å². The van der Waals surface area contributed by atoms with Crippen molar-refractivity contribution in [2.24, 2.45) is 5.92 Å². The van der Waals surface area contributed by atoms with Gasteiger partial charge in [-0.3, -0.25) is 9.08 Å². The minimum absolute atomic E-state index is 0.00194. The van der Waals surface area contributed by atoms with Gasteiger partial charge in [0.2, 0.25) is 0 Å². The van der Waals surface area contributed by atoms with Gasteiger partial charge in [0.25, 0.3) is 10.1 Å². The van der Waals surface area contributed by atoms with Crippen LogP contribution in [0, 0.1) is 12.8 Å². The first-order valence-corrected chi connectivity index (χ1v) is 12.1. The van der Waals surface area contributed by atoms with Crippen molar-refractivity contribution < 1.29 is 31.7 Å². The lowest BCUT2D eigenvalue weighted by atomic mass is 9.87. The van der Waals surface area contributed by atoms with Crippen LogP contribution in [0.3, 0.4) is 0 Å². The lowest BCUT2D eigenvalue weighted by molar-refractivity contribution is -0.145. The average molecular weight is 468 g/mol. The van der Waals surface area contributed by atoms with E-state index in [0.29, 0.717) is 0 Å². The second-order valence-electron chi connectivity index (χ2n) is 8.36. The summed E-state index contributed by atoms with van der Waals surface area (Å²) in [5, 5.41) is 0. The van der Waals surface area contributed by atoms with Crippen molar-refractivity contribution >= 4 is 22.2 Å². The van der Waals surface area contributed by atoms with E-state index in [2.05, 4.69) is 6.58 Å². The summed E-state index contributed by atoms with van der Waals surface area (Å²) in [5.74, 6) is -0.662. The zero-order valence-corrected chi connectivity index (χ0v) is 20.2. The molecule has 0 spiro atoms. The van der Waals surface area contributed by atoms with Gasteiger partial charge < -0.3 is 9.47 Å². The predicted octanol–water partition coefficient (Wildman–Crippen LogP) is 3.83. The number of benzene rings is 1. The molecular formula is C23H33NO7S. The molecule has 2 unspecified atom stereocenters. The molecular weight excluding hydrogens is 434 g/mol. The fraction of sp³-hybridized carbons (Fsp3) is 0.565. The number of aryl methyl sites for hydroxylation is 1. The van der Waals surface area contributed by atoms with Crippen LogP contribution < -0.4 is 0 Å². The summed E-state index contributed by atoms with van der Waals surface area (Å²) in [6.45, 7) is 11.3. The lowest BCUT2D eigenvalue weighted by Crippen LogP contribution is -2.46. The Kier molecular flexibility index (Phi) is 8.47. The normalized spacial score (nSPS) is 21.5. The van der Waals surface area contributed by atoms with Gasteiger partial charge in [-0.05, 0) is 44.4 Å². The number of nitrogens with zero attached hydrogens (tertiary/aromatic N) is 1. The van der Waals surface area contributed by atoms with Gasteiger partial charge in [-0.2, -0.15) is 8.42 Å². The maximum Gasteiger partial charge on any atom is 0.411 e. The first-order chi connectivity index (χ1) is 15.0. The number of methoxy groups -OCH3 is 1. The molecule has 1 amide bonds. The number of amides is 1. The van der Waals surface area contributed by atoms with Crippen LogP contribution in [0.15, 0.2) is 41.8 Å². The van der Waals surface area contributed by atoms with Crippen molar-refractivity contribution in [2.75, 3.05) is 13.7 Å². The Bertz CT molecular complexity index is 928. The van der Waals surface area contributed by atoms with Crippen LogP contribution in [0.5, 0.6) is 0 Å². The highest BCUT2D eigenvalue weighted by atomic mass is 32.2. The Morgan fingerprint density at radius 1 is 1.31 bits per heavy atom. The number of hydrogen-bond acceptors (Lipinski definition) is 7. The zero-order valence-electron chi connectivity index (χ0n) is 19.4. The standard InChI is InChI=1S/C23H33NO7S/c1-7-9-17(4)23(5,8-2)30-22(26)24-15-18(14-20(24)21(25)29-6)31-32(27,28)19-12-10-16(3)11-13-19/h8,10-13,17-18,20H,2,7,9,14-15H2,1,3-6H3/t17?,18-,20+,23?/m1/s1. The monoisotopic (exact) mass is 467 g/mol. The second kappa shape index (κ2) is 10.5. The molecule has 0 N–H and O–H groups in total. The first-order valence-electron chi connectivity index (χ1n) is 10.7. The fourth-order valence-corrected chi connectivity index (χ4v) is 4.76. The van der Waals surface area contributed by atoms with E-state index in [0.717, 1.165) is 18.4 Å². The highest BCUT2D eigenvalue weighted by molar-refractivity contribution is 7.86. The molecule has 0 aromatic heterocycles. The van der Waals surface area contributed by atoms with Crippen LogP contribution in [0.1, 0.15) is 45.6 Å². The maximum atomic E-state index is 13.0. The molecule has 1 saturated heterocycles. The molecule has 1 aliphatic heterocycles. The molecule has 0 aliphatic carbocycles. The molecule has 9 heteroatoms. The molecule has 1 fully saturated rings. The van der Waals surface area contributed by atoms with Gasteiger partial charge in [0, 0.05) is 6.42 Å².